The van der Waals surface area contributed by atoms with E-state index in [2.05, 4.69) is 6.92 Å². The summed E-state index contributed by atoms with van der Waals surface area (Å²) in [4.78, 5) is 0. The molecule has 2 rings (SSSR count). The Morgan fingerprint density at radius 3 is 2.78 bits per heavy atom. The highest BCUT2D eigenvalue weighted by Gasteiger charge is 2.41. The second-order valence-electron chi connectivity index (χ2n) is 5.48. The van der Waals surface area contributed by atoms with Gasteiger partial charge in [-0.15, -0.1) is 0 Å². The van der Waals surface area contributed by atoms with E-state index in [1.165, 1.54) is 0 Å². The van der Waals surface area contributed by atoms with Crippen LogP contribution in [0.5, 0.6) is 0 Å². The van der Waals surface area contributed by atoms with Gasteiger partial charge in [-0.1, -0.05) is 6.92 Å². The van der Waals surface area contributed by atoms with Gasteiger partial charge in [0, 0.05) is 41.1 Å². The van der Waals surface area contributed by atoms with E-state index in [0.29, 0.717) is 6.54 Å². The monoisotopic (exact) mass is 275 g/mol. The molecule has 106 valence electrons. The molecule has 2 N–H and O–H groups in total. The van der Waals surface area contributed by atoms with Crippen molar-refractivity contribution in [3.63, 3.8) is 0 Å². The molecule has 0 bridgehead atoms. The van der Waals surface area contributed by atoms with Gasteiger partial charge >= 0.3 is 0 Å². The molecule has 0 radical (unpaired) electrons. The van der Waals surface area contributed by atoms with Gasteiger partial charge in [0.05, 0.1) is 5.60 Å². The first-order chi connectivity index (χ1) is 8.67. The van der Waals surface area contributed by atoms with Crippen molar-refractivity contribution in [3.8, 4) is 0 Å². The lowest BCUT2D eigenvalue weighted by molar-refractivity contribution is -0.131. The molecule has 1 spiro atoms. The summed E-state index contributed by atoms with van der Waals surface area (Å²) in [6.07, 6.45) is 4.60. The van der Waals surface area contributed by atoms with Gasteiger partial charge in [-0.05, 0) is 38.6 Å². The first-order valence-electron chi connectivity index (χ1n) is 6.98. The first kappa shape index (κ1) is 14.4. The Kier molecular flexibility index (Phi) is 5.18. The number of hydrogen-bond donors (Lipinski definition) is 1. The zero-order valence-corrected chi connectivity index (χ0v) is 12.0. The molecule has 3 atom stereocenters. The van der Waals surface area contributed by atoms with Crippen molar-refractivity contribution < 1.29 is 13.7 Å². The van der Waals surface area contributed by atoms with Gasteiger partial charge in [-0.2, -0.15) is 0 Å². The fourth-order valence-electron chi connectivity index (χ4n) is 2.95. The van der Waals surface area contributed by atoms with Gasteiger partial charge in [-0.3, -0.25) is 4.21 Å². The van der Waals surface area contributed by atoms with Crippen LogP contribution in [0.3, 0.4) is 0 Å². The lowest BCUT2D eigenvalue weighted by Gasteiger charge is -2.43. The Hall–Kier alpha value is 0.0300. The van der Waals surface area contributed by atoms with Crippen LogP contribution < -0.4 is 5.73 Å². The molecule has 2 saturated heterocycles. The van der Waals surface area contributed by atoms with Crippen LogP contribution in [0.4, 0.5) is 0 Å². The summed E-state index contributed by atoms with van der Waals surface area (Å²) in [5.74, 6) is 0. The van der Waals surface area contributed by atoms with Gasteiger partial charge in [0.15, 0.2) is 0 Å². The molecule has 5 heteroatoms. The normalized spacial score (nSPS) is 31.1. The summed E-state index contributed by atoms with van der Waals surface area (Å²) in [5.41, 5.74) is 5.50. The minimum Gasteiger partial charge on any atom is -0.381 e. The number of ether oxygens (including phenoxy) is 2. The molecular formula is C13H25NO3S. The van der Waals surface area contributed by atoms with Gasteiger partial charge < -0.3 is 15.2 Å². The SMILES string of the molecule is CC(CCN)S(=O)C1CCOC2(CCOCC2)C1. The zero-order chi connectivity index (χ0) is 13.0. The van der Waals surface area contributed by atoms with Crippen molar-refractivity contribution in [2.45, 2.75) is 55.1 Å². The summed E-state index contributed by atoms with van der Waals surface area (Å²) < 4.78 is 23.9. The standard InChI is InChI=1S/C13H25NO3S/c1-11(2-6-14)18(15)12-3-7-17-13(10-12)4-8-16-9-5-13/h11-12H,2-10,14H2,1H3. The maximum Gasteiger partial charge on any atom is 0.0737 e. The fourth-order valence-corrected chi connectivity index (χ4v) is 4.77. The molecule has 0 amide bonds. The smallest absolute Gasteiger partial charge is 0.0737 e. The molecule has 2 aliphatic heterocycles. The van der Waals surface area contributed by atoms with E-state index in [1.807, 2.05) is 0 Å². The van der Waals surface area contributed by atoms with Crippen LogP contribution in [0.15, 0.2) is 0 Å². The van der Waals surface area contributed by atoms with E-state index >= 15 is 0 Å². The summed E-state index contributed by atoms with van der Waals surface area (Å²) >= 11 is 0. The molecule has 2 heterocycles. The van der Waals surface area contributed by atoms with Crippen molar-refractivity contribution in [1.29, 1.82) is 0 Å². The van der Waals surface area contributed by atoms with Gasteiger partial charge in [0.2, 0.25) is 0 Å². The highest BCUT2D eigenvalue weighted by molar-refractivity contribution is 7.86. The minimum absolute atomic E-state index is 0.0563. The third-order valence-electron chi connectivity index (χ3n) is 4.15. The molecule has 2 aliphatic rings. The van der Waals surface area contributed by atoms with Crippen LogP contribution in [-0.4, -0.2) is 46.7 Å². The zero-order valence-electron chi connectivity index (χ0n) is 11.2. The predicted octanol–water partition coefficient (Wildman–Crippen LogP) is 1.20. The van der Waals surface area contributed by atoms with Gasteiger partial charge in [0.25, 0.3) is 0 Å². The lowest BCUT2D eigenvalue weighted by Crippen LogP contribution is -2.47. The third-order valence-corrected chi connectivity index (χ3v) is 6.24. The maximum absolute atomic E-state index is 12.5. The Morgan fingerprint density at radius 2 is 2.11 bits per heavy atom. The Labute approximate surface area is 112 Å². The summed E-state index contributed by atoms with van der Waals surface area (Å²) in [5, 5.41) is 0.480. The Morgan fingerprint density at radius 1 is 1.39 bits per heavy atom. The molecule has 0 aromatic heterocycles. The van der Waals surface area contributed by atoms with Crippen molar-refractivity contribution in [3.05, 3.63) is 0 Å². The Balaban J connectivity index is 1.95. The van der Waals surface area contributed by atoms with Crippen molar-refractivity contribution in [1.82, 2.24) is 0 Å². The fraction of sp³-hybridized carbons (Fsp3) is 1.00. The lowest BCUT2D eigenvalue weighted by atomic mass is 9.86. The Bertz CT molecular complexity index is 286. The van der Waals surface area contributed by atoms with E-state index in [9.17, 15) is 4.21 Å². The second-order valence-corrected chi connectivity index (χ2v) is 7.60. The molecule has 0 aromatic carbocycles. The van der Waals surface area contributed by atoms with Crippen LogP contribution in [0.1, 0.15) is 39.0 Å². The molecule has 0 aliphatic carbocycles. The van der Waals surface area contributed by atoms with Crippen LogP contribution in [-0.2, 0) is 20.3 Å². The average molecular weight is 275 g/mol. The minimum atomic E-state index is -0.780. The molecule has 3 unspecified atom stereocenters. The predicted molar refractivity (Wildman–Crippen MR) is 73.0 cm³/mol. The van der Waals surface area contributed by atoms with Crippen LogP contribution in [0.2, 0.25) is 0 Å². The van der Waals surface area contributed by atoms with Crippen molar-refractivity contribution in [2.75, 3.05) is 26.4 Å². The second kappa shape index (κ2) is 6.46. The van der Waals surface area contributed by atoms with E-state index in [-0.39, 0.29) is 16.1 Å². The number of nitrogens with two attached hydrogens (primary N) is 1. The molecule has 18 heavy (non-hydrogen) atoms. The number of rotatable bonds is 4. The van der Waals surface area contributed by atoms with Crippen molar-refractivity contribution >= 4 is 10.8 Å². The molecule has 4 nitrogen and oxygen atoms in total. The number of hydrogen-bond acceptors (Lipinski definition) is 4. The summed E-state index contributed by atoms with van der Waals surface area (Å²) in [6.45, 7) is 4.96. The molecule has 0 aromatic rings. The summed E-state index contributed by atoms with van der Waals surface area (Å²) in [7, 11) is -0.780. The topological polar surface area (TPSA) is 61.6 Å². The van der Waals surface area contributed by atoms with Crippen LogP contribution in [0.25, 0.3) is 0 Å². The summed E-state index contributed by atoms with van der Waals surface area (Å²) in [6, 6.07) is 0. The van der Waals surface area contributed by atoms with E-state index < -0.39 is 10.8 Å². The van der Waals surface area contributed by atoms with Gasteiger partial charge in [-0.25, -0.2) is 0 Å². The maximum atomic E-state index is 12.5. The highest BCUT2D eigenvalue weighted by atomic mass is 32.2. The van der Waals surface area contributed by atoms with Crippen molar-refractivity contribution in [2.24, 2.45) is 5.73 Å². The third kappa shape index (κ3) is 3.32. The molecule has 0 saturated carbocycles. The quantitative estimate of drug-likeness (QED) is 0.837. The molecular weight excluding hydrogens is 250 g/mol. The van der Waals surface area contributed by atoms with Gasteiger partial charge in [0.1, 0.15) is 0 Å². The van der Waals surface area contributed by atoms with E-state index in [1.54, 1.807) is 0 Å². The van der Waals surface area contributed by atoms with E-state index in [4.69, 9.17) is 15.2 Å². The highest BCUT2D eigenvalue weighted by Crippen LogP contribution is 2.36. The average Bonchev–Trinajstić information content (AvgIpc) is 2.39. The largest absolute Gasteiger partial charge is 0.381 e. The molecule has 2 fully saturated rings. The van der Waals surface area contributed by atoms with Crippen LogP contribution >= 0.6 is 0 Å². The van der Waals surface area contributed by atoms with E-state index in [0.717, 1.165) is 51.9 Å². The first-order valence-corrected chi connectivity index (χ1v) is 8.26. The van der Waals surface area contributed by atoms with Crippen LogP contribution in [0, 0.1) is 0 Å².